The minimum absolute atomic E-state index is 0.0866. The third-order valence-electron chi connectivity index (χ3n) is 10.7. The standard InChI is InChI=1S/C45H44N4O6/c50-42-23-24-49(45(52)46-42)36-14-18-37(19-15-36)54-31-43(51)47-25-27-48(28-26-47)55-38-16-11-34(12-17-38)44-40(33-9-5-2-6-10-33)21-13-35-29-39(20-22-41(35)44)53-30-32-7-3-1-4-8-32/h1-12,14-20,22,29,40,44H,13,21,23-28,30-31H2,(H,46,50,52)/t40-,44+/m1/s1. The van der Waals surface area contributed by atoms with E-state index in [2.05, 4.69) is 90.2 Å². The number of carbonyl (C=O) groups excluding carboxylic acids is 3. The number of urea groups is 1. The Morgan fingerprint density at radius 1 is 0.673 bits per heavy atom. The van der Waals surface area contributed by atoms with Crippen molar-refractivity contribution in [1.82, 2.24) is 15.3 Å². The van der Waals surface area contributed by atoms with Crippen LogP contribution < -0.4 is 24.5 Å². The number of hydrogen-bond donors (Lipinski definition) is 1. The van der Waals surface area contributed by atoms with Crippen molar-refractivity contribution >= 4 is 23.5 Å². The first-order valence-corrected chi connectivity index (χ1v) is 19.0. The Kier molecular flexibility index (Phi) is 10.8. The van der Waals surface area contributed by atoms with Crippen molar-refractivity contribution in [3.8, 4) is 17.2 Å². The maximum Gasteiger partial charge on any atom is 0.328 e. The number of imide groups is 1. The lowest BCUT2D eigenvalue weighted by Crippen LogP contribution is -2.50. The molecule has 0 saturated carbocycles. The van der Waals surface area contributed by atoms with Crippen molar-refractivity contribution in [2.75, 3.05) is 44.2 Å². The average Bonchev–Trinajstić information content (AvgIpc) is 3.23. The van der Waals surface area contributed by atoms with E-state index in [0.717, 1.165) is 29.9 Å². The van der Waals surface area contributed by atoms with Crippen molar-refractivity contribution in [2.24, 2.45) is 0 Å². The average molecular weight is 737 g/mol. The molecule has 4 amide bonds. The van der Waals surface area contributed by atoms with E-state index in [1.807, 2.05) is 23.3 Å². The van der Waals surface area contributed by atoms with E-state index >= 15 is 0 Å². The number of anilines is 1. The van der Waals surface area contributed by atoms with Gasteiger partial charge in [0.05, 0.1) is 13.1 Å². The summed E-state index contributed by atoms with van der Waals surface area (Å²) in [5, 5.41) is 4.22. The Labute approximate surface area is 321 Å². The Bertz CT molecular complexity index is 2100. The predicted octanol–water partition coefficient (Wildman–Crippen LogP) is 7.09. The van der Waals surface area contributed by atoms with Gasteiger partial charge in [0.15, 0.2) is 6.61 Å². The van der Waals surface area contributed by atoms with E-state index in [0.29, 0.717) is 56.7 Å². The summed E-state index contributed by atoms with van der Waals surface area (Å²) in [6, 6.07) is 42.6. The normalized spacial score (nSPS) is 18.6. The summed E-state index contributed by atoms with van der Waals surface area (Å²) >= 11 is 0. The second kappa shape index (κ2) is 16.5. The van der Waals surface area contributed by atoms with Crippen LogP contribution in [0.2, 0.25) is 0 Å². The molecule has 2 fully saturated rings. The first-order valence-electron chi connectivity index (χ1n) is 19.0. The van der Waals surface area contributed by atoms with Crippen LogP contribution in [0.5, 0.6) is 17.2 Å². The van der Waals surface area contributed by atoms with E-state index < -0.39 is 6.03 Å². The zero-order valence-electron chi connectivity index (χ0n) is 30.6. The number of nitrogens with zero attached hydrogens (tertiary/aromatic N) is 3. The van der Waals surface area contributed by atoms with Crippen LogP contribution in [-0.2, 0) is 22.6 Å². The van der Waals surface area contributed by atoms with Crippen LogP contribution in [0.15, 0.2) is 127 Å². The van der Waals surface area contributed by atoms with Gasteiger partial charge in [-0.2, -0.15) is 0 Å². The maximum atomic E-state index is 13.0. The van der Waals surface area contributed by atoms with Gasteiger partial charge in [-0.1, -0.05) is 78.9 Å². The van der Waals surface area contributed by atoms with Gasteiger partial charge in [-0.15, -0.1) is 5.06 Å². The number of amides is 4. The van der Waals surface area contributed by atoms with Crippen LogP contribution in [0, 0.1) is 0 Å². The highest BCUT2D eigenvalue weighted by Gasteiger charge is 2.32. The second-order valence-electron chi connectivity index (χ2n) is 14.2. The largest absolute Gasteiger partial charge is 0.489 e. The number of hydrogen-bond acceptors (Lipinski definition) is 7. The molecule has 2 saturated heterocycles. The second-order valence-corrected chi connectivity index (χ2v) is 14.2. The van der Waals surface area contributed by atoms with Gasteiger partial charge in [-0.05, 0) is 95.1 Å². The minimum Gasteiger partial charge on any atom is -0.489 e. The highest BCUT2D eigenvalue weighted by molar-refractivity contribution is 6.05. The summed E-state index contributed by atoms with van der Waals surface area (Å²) in [4.78, 5) is 46.1. The molecule has 10 nitrogen and oxygen atoms in total. The van der Waals surface area contributed by atoms with Crippen molar-refractivity contribution in [3.05, 3.63) is 155 Å². The highest BCUT2D eigenvalue weighted by Crippen LogP contribution is 2.47. The Hall–Kier alpha value is -6.13. The van der Waals surface area contributed by atoms with Crippen molar-refractivity contribution in [1.29, 1.82) is 0 Å². The lowest BCUT2D eigenvalue weighted by molar-refractivity contribution is -0.142. The van der Waals surface area contributed by atoms with Crippen molar-refractivity contribution < 1.29 is 28.7 Å². The zero-order chi connectivity index (χ0) is 37.6. The molecule has 0 aromatic heterocycles. The molecule has 0 unspecified atom stereocenters. The van der Waals surface area contributed by atoms with Crippen LogP contribution in [0.1, 0.15) is 52.5 Å². The molecule has 0 spiro atoms. The van der Waals surface area contributed by atoms with E-state index in [4.69, 9.17) is 14.3 Å². The van der Waals surface area contributed by atoms with Gasteiger partial charge in [0.2, 0.25) is 5.91 Å². The molecule has 2 aliphatic heterocycles. The molecule has 2 atom stereocenters. The molecule has 2 heterocycles. The summed E-state index contributed by atoms with van der Waals surface area (Å²) in [7, 11) is 0. The molecule has 5 aromatic rings. The monoisotopic (exact) mass is 736 g/mol. The molecule has 3 aliphatic rings. The molecular weight excluding hydrogens is 693 g/mol. The van der Waals surface area contributed by atoms with Crippen molar-refractivity contribution in [2.45, 2.75) is 37.7 Å². The van der Waals surface area contributed by atoms with Gasteiger partial charge in [-0.25, -0.2) is 4.79 Å². The number of piperazine rings is 1. The van der Waals surface area contributed by atoms with Gasteiger partial charge < -0.3 is 19.2 Å². The predicted molar refractivity (Wildman–Crippen MR) is 209 cm³/mol. The number of hydroxylamine groups is 2. The van der Waals surface area contributed by atoms with E-state index in [-0.39, 0.29) is 30.8 Å². The smallest absolute Gasteiger partial charge is 0.328 e. The van der Waals surface area contributed by atoms with Crippen LogP contribution in [-0.4, -0.2) is 67.1 Å². The first-order chi connectivity index (χ1) is 27.0. The maximum absolute atomic E-state index is 13.0. The Morgan fingerprint density at radius 2 is 1.36 bits per heavy atom. The van der Waals surface area contributed by atoms with Crippen LogP contribution in [0.3, 0.4) is 0 Å². The van der Waals surface area contributed by atoms with E-state index in [1.165, 1.54) is 27.2 Å². The topological polar surface area (TPSA) is 101 Å². The molecular formula is C45H44N4O6. The van der Waals surface area contributed by atoms with E-state index in [9.17, 15) is 14.4 Å². The summed E-state index contributed by atoms with van der Waals surface area (Å²) in [6.07, 6.45) is 2.29. The number of carbonyl (C=O) groups is 3. The molecule has 0 bridgehead atoms. The SMILES string of the molecule is O=C1CCN(c2ccc(OCC(=O)N3CCN(Oc4ccc([C@@H]5c6ccc(OCc7ccccc7)cc6CC[C@@H]5c5ccccc5)cc4)CC3)cc2)C(=O)N1. The zero-order valence-corrected chi connectivity index (χ0v) is 30.6. The molecule has 8 rings (SSSR count). The Balaban J connectivity index is 0.862. The molecule has 0 radical (unpaired) electrons. The number of ether oxygens (including phenoxy) is 2. The number of aryl methyl sites for hydroxylation is 1. The number of rotatable bonds is 11. The third kappa shape index (κ3) is 8.50. The Morgan fingerprint density at radius 3 is 2.09 bits per heavy atom. The first kappa shape index (κ1) is 35.9. The van der Waals surface area contributed by atoms with Gasteiger partial charge >= 0.3 is 6.03 Å². The molecule has 1 N–H and O–H groups in total. The quantitative estimate of drug-likeness (QED) is 0.155. The summed E-state index contributed by atoms with van der Waals surface area (Å²) in [5.74, 6) is 2.36. The molecule has 55 heavy (non-hydrogen) atoms. The third-order valence-corrected chi connectivity index (χ3v) is 10.7. The van der Waals surface area contributed by atoms with E-state index in [1.54, 1.807) is 29.2 Å². The van der Waals surface area contributed by atoms with Gasteiger partial charge in [0.25, 0.3) is 5.91 Å². The molecule has 5 aromatic carbocycles. The lowest BCUT2D eigenvalue weighted by Gasteiger charge is -2.35. The van der Waals surface area contributed by atoms with Crippen LogP contribution >= 0.6 is 0 Å². The summed E-state index contributed by atoms with van der Waals surface area (Å²) in [6.45, 7) is 2.97. The van der Waals surface area contributed by atoms with Crippen molar-refractivity contribution in [3.63, 3.8) is 0 Å². The minimum atomic E-state index is -0.442. The van der Waals surface area contributed by atoms with Gasteiger partial charge in [0.1, 0.15) is 23.9 Å². The number of benzene rings is 5. The number of nitrogens with one attached hydrogen (secondary N) is 1. The molecule has 1 aliphatic carbocycles. The summed E-state index contributed by atoms with van der Waals surface area (Å²) < 4.78 is 12.0. The lowest BCUT2D eigenvalue weighted by atomic mass is 9.69. The fraction of sp³-hybridized carbons (Fsp3) is 0.267. The van der Waals surface area contributed by atoms with Crippen LogP contribution in [0.25, 0.3) is 0 Å². The fourth-order valence-electron chi connectivity index (χ4n) is 7.78. The highest BCUT2D eigenvalue weighted by atomic mass is 16.7. The molecule has 280 valence electrons. The van der Waals surface area contributed by atoms with Gasteiger partial charge in [-0.3, -0.25) is 19.8 Å². The summed E-state index contributed by atoms with van der Waals surface area (Å²) in [5.41, 5.74) is 7.08. The molecule has 10 heteroatoms. The fourth-order valence-corrected chi connectivity index (χ4v) is 7.78. The number of fused-ring (bicyclic) bond motifs is 1. The van der Waals surface area contributed by atoms with Crippen LogP contribution in [0.4, 0.5) is 10.5 Å². The van der Waals surface area contributed by atoms with Gasteiger partial charge in [0, 0.05) is 37.7 Å².